The molecule has 1 N–H and O–H groups in total. The predicted molar refractivity (Wildman–Crippen MR) is 96.3 cm³/mol. The minimum absolute atomic E-state index is 0.0148. The molecule has 1 aromatic carbocycles. The number of halogens is 1. The largest absolute Gasteiger partial charge is 0.612 e. The number of nitrogens with one attached hydrogen (secondary N) is 1. The number of anilines is 1. The van der Waals surface area contributed by atoms with Crippen LogP contribution in [0.2, 0.25) is 0 Å². The zero-order chi connectivity index (χ0) is 18.5. The van der Waals surface area contributed by atoms with Crippen molar-refractivity contribution in [2.45, 2.75) is 17.4 Å². The molecular weight excluding hydrogens is 381 g/mol. The molecule has 0 saturated carbocycles. The summed E-state index contributed by atoms with van der Waals surface area (Å²) in [6.45, 7) is 0.987. The van der Waals surface area contributed by atoms with Crippen molar-refractivity contribution >= 4 is 39.3 Å². The van der Waals surface area contributed by atoms with Gasteiger partial charge in [-0.05, 0) is 35.4 Å². The SMILES string of the molecule is C[S+]([O-])c1ccc(/C(=N\O[C@@H]2CCOC2)C(=O)Nc2ncc(F)s2)cc1. The number of ether oxygens (including phenoxy) is 1. The monoisotopic (exact) mass is 397 g/mol. The Labute approximate surface area is 156 Å². The van der Waals surface area contributed by atoms with Gasteiger partial charge in [-0.15, -0.1) is 0 Å². The summed E-state index contributed by atoms with van der Waals surface area (Å²) in [5.74, 6) is -0.580. The Hall–Kier alpha value is -2.01. The standard InChI is InChI=1S/C16H16FN3O4S2/c1-26(22)12-4-2-10(3-5-12)14(20-24-11-6-7-23-9-11)15(21)19-16-18-8-13(17)25-16/h2-5,8,11H,6-7,9H2,1H3,(H,18,19,21)/b20-14+/t11-,26?/m1/s1. The predicted octanol–water partition coefficient (Wildman–Crippen LogP) is 2.17. The Morgan fingerprint density at radius 2 is 2.27 bits per heavy atom. The summed E-state index contributed by atoms with van der Waals surface area (Å²) in [6, 6.07) is 6.56. The van der Waals surface area contributed by atoms with Gasteiger partial charge in [0.15, 0.2) is 27.0 Å². The average Bonchev–Trinajstić information content (AvgIpc) is 3.27. The lowest BCUT2D eigenvalue weighted by Crippen LogP contribution is -2.25. The lowest BCUT2D eigenvalue weighted by Gasteiger charge is -2.10. The summed E-state index contributed by atoms with van der Waals surface area (Å²) in [7, 11) is 0. The molecule has 1 aromatic heterocycles. The molecule has 1 aliphatic rings. The molecule has 7 nitrogen and oxygen atoms in total. The van der Waals surface area contributed by atoms with E-state index in [-0.39, 0.29) is 16.9 Å². The molecule has 1 saturated heterocycles. The van der Waals surface area contributed by atoms with Crippen LogP contribution in [0.1, 0.15) is 12.0 Å². The lowest BCUT2D eigenvalue weighted by molar-refractivity contribution is -0.110. The van der Waals surface area contributed by atoms with Crippen LogP contribution in [0, 0.1) is 5.13 Å². The van der Waals surface area contributed by atoms with Gasteiger partial charge < -0.3 is 14.1 Å². The molecule has 2 heterocycles. The second-order valence-electron chi connectivity index (χ2n) is 5.43. The van der Waals surface area contributed by atoms with E-state index in [1.165, 1.54) is 0 Å². The van der Waals surface area contributed by atoms with Crippen LogP contribution < -0.4 is 5.32 Å². The Kier molecular flexibility index (Phi) is 6.20. The zero-order valence-corrected chi connectivity index (χ0v) is 15.4. The third-order valence-corrected chi connectivity index (χ3v) is 5.19. The van der Waals surface area contributed by atoms with E-state index in [1.54, 1.807) is 30.5 Å². The number of carbonyl (C=O) groups is 1. The highest BCUT2D eigenvalue weighted by atomic mass is 32.2. The minimum atomic E-state index is -1.13. The van der Waals surface area contributed by atoms with Crippen molar-refractivity contribution < 1.29 is 23.3 Å². The van der Waals surface area contributed by atoms with Gasteiger partial charge in [-0.25, -0.2) is 4.98 Å². The van der Waals surface area contributed by atoms with Crippen molar-refractivity contribution in [3.05, 3.63) is 41.2 Å². The van der Waals surface area contributed by atoms with E-state index in [0.717, 1.165) is 6.20 Å². The quantitative estimate of drug-likeness (QED) is 0.458. The van der Waals surface area contributed by atoms with E-state index in [4.69, 9.17) is 9.57 Å². The van der Waals surface area contributed by atoms with Gasteiger partial charge in [0.25, 0.3) is 5.91 Å². The summed E-state index contributed by atoms with van der Waals surface area (Å²) in [5, 5.41) is 6.10. The zero-order valence-electron chi connectivity index (χ0n) is 13.8. The van der Waals surface area contributed by atoms with Crippen molar-refractivity contribution in [2.75, 3.05) is 24.8 Å². The average molecular weight is 397 g/mol. The summed E-state index contributed by atoms with van der Waals surface area (Å²) >= 11 is -0.421. The number of amides is 1. The Morgan fingerprint density at radius 1 is 1.50 bits per heavy atom. The normalized spacial score (nSPS) is 18.6. The first-order chi connectivity index (χ1) is 12.5. The summed E-state index contributed by atoms with van der Waals surface area (Å²) < 4.78 is 29.8. The lowest BCUT2D eigenvalue weighted by atomic mass is 10.1. The minimum Gasteiger partial charge on any atom is -0.612 e. The highest BCUT2D eigenvalue weighted by Crippen LogP contribution is 2.18. The smallest absolute Gasteiger partial charge is 0.280 e. The maximum absolute atomic E-state index is 13.1. The van der Waals surface area contributed by atoms with Gasteiger partial charge >= 0.3 is 0 Å². The van der Waals surface area contributed by atoms with Crippen LogP contribution in [0.3, 0.4) is 0 Å². The molecule has 10 heteroatoms. The van der Waals surface area contributed by atoms with E-state index < -0.39 is 22.2 Å². The van der Waals surface area contributed by atoms with Crippen LogP contribution in [-0.4, -0.2) is 46.7 Å². The molecule has 1 fully saturated rings. The molecule has 0 spiro atoms. The third-order valence-electron chi connectivity index (χ3n) is 3.55. The molecule has 2 aromatic rings. The first-order valence-electron chi connectivity index (χ1n) is 7.71. The Morgan fingerprint density at radius 3 is 2.85 bits per heavy atom. The highest BCUT2D eigenvalue weighted by Gasteiger charge is 2.21. The van der Waals surface area contributed by atoms with E-state index in [1.807, 2.05) is 0 Å². The summed E-state index contributed by atoms with van der Waals surface area (Å²) in [5.41, 5.74) is 0.494. The maximum atomic E-state index is 13.1. The number of aromatic nitrogens is 1. The van der Waals surface area contributed by atoms with Crippen LogP contribution >= 0.6 is 11.3 Å². The van der Waals surface area contributed by atoms with E-state index in [9.17, 15) is 13.7 Å². The highest BCUT2D eigenvalue weighted by molar-refractivity contribution is 7.90. The number of hydrogen-bond donors (Lipinski definition) is 1. The molecule has 0 radical (unpaired) electrons. The molecule has 1 aliphatic heterocycles. The van der Waals surface area contributed by atoms with Crippen molar-refractivity contribution in [1.82, 2.24) is 4.98 Å². The van der Waals surface area contributed by atoms with E-state index in [2.05, 4.69) is 15.5 Å². The van der Waals surface area contributed by atoms with Crippen LogP contribution in [0.5, 0.6) is 0 Å². The maximum Gasteiger partial charge on any atom is 0.280 e. The first-order valence-corrected chi connectivity index (χ1v) is 10.1. The molecular formula is C16H16FN3O4S2. The molecule has 26 heavy (non-hydrogen) atoms. The number of hydrogen-bond acceptors (Lipinski definition) is 7. The molecule has 1 unspecified atom stereocenters. The second kappa shape index (κ2) is 8.58. The van der Waals surface area contributed by atoms with Crippen LogP contribution in [0.15, 0.2) is 40.5 Å². The number of carbonyl (C=O) groups excluding carboxylic acids is 1. The van der Waals surface area contributed by atoms with Crippen molar-refractivity contribution in [3.63, 3.8) is 0 Å². The Balaban J connectivity index is 1.82. The van der Waals surface area contributed by atoms with Crippen molar-refractivity contribution in [3.8, 4) is 0 Å². The van der Waals surface area contributed by atoms with Gasteiger partial charge in [-0.2, -0.15) is 4.39 Å². The van der Waals surface area contributed by atoms with Crippen molar-refractivity contribution in [1.29, 1.82) is 0 Å². The second-order valence-corrected chi connectivity index (χ2v) is 7.79. The van der Waals surface area contributed by atoms with Gasteiger partial charge in [0.05, 0.1) is 19.4 Å². The number of nitrogens with zero attached hydrogens (tertiary/aromatic N) is 2. The molecule has 0 bridgehead atoms. The van der Waals surface area contributed by atoms with E-state index >= 15 is 0 Å². The molecule has 2 atom stereocenters. The van der Waals surface area contributed by atoms with Crippen LogP contribution in [0.25, 0.3) is 0 Å². The number of rotatable bonds is 6. The van der Waals surface area contributed by atoms with Gasteiger partial charge in [-0.1, -0.05) is 16.5 Å². The molecule has 0 aliphatic carbocycles. The summed E-state index contributed by atoms with van der Waals surface area (Å²) in [6.07, 6.45) is 3.05. The van der Waals surface area contributed by atoms with Gasteiger partial charge in [-0.3, -0.25) is 10.1 Å². The van der Waals surface area contributed by atoms with Crippen LogP contribution in [0.4, 0.5) is 9.52 Å². The van der Waals surface area contributed by atoms with Gasteiger partial charge in [0, 0.05) is 12.0 Å². The number of benzene rings is 1. The Bertz CT molecular complexity index is 789. The van der Waals surface area contributed by atoms with Crippen LogP contribution in [-0.2, 0) is 25.5 Å². The summed E-state index contributed by atoms with van der Waals surface area (Å²) in [4.78, 5) is 22.4. The van der Waals surface area contributed by atoms with Crippen molar-refractivity contribution in [2.24, 2.45) is 5.16 Å². The van der Waals surface area contributed by atoms with Gasteiger partial charge in [0.2, 0.25) is 0 Å². The number of oxime groups is 1. The van der Waals surface area contributed by atoms with E-state index in [0.29, 0.717) is 41.4 Å². The fraction of sp³-hybridized carbons (Fsp3) is 0.312. The number of thiazole rings is 1. The fourth-order valence-corrected chi connectivity index (χ4v) is 3.28. The first kappa shape index (κ1) is 18.8. The van der Waals surface area contributed by atoms with Gasteiger partial charge in [0.1, 0.15) is 6.26 Å². The fourth-order valence-electron chi connectivity index (χ4n) is 2.22. The molecule has 138 valence electrons. The molecule has 1 amide bonds. The molecule has 3 rings (SSSR count). The third kappa shape index (κ3) is 4.79. The topological polar surface area (TPSA) is 95.9 Å².